The van der Waals surface area contributed by atoms with Gasteiger partial charge in [0.2, 0.25) is 5.91 Å². The van der Waals surface area contributed by atoms with Crippen LogP contribution in [0.4, 0.5) is 4.39 Å². The van der Waals surface area contributed by atoms with Gasteiger partial charge in [0.1, 0.15) is 31.0 Å². The van der Waals surface area contributed by atoms with Crippen molar-refractivity contribution >= 4 is 5.91 Å². The van der Waals surface area contributed by atoms with Gasteiger partial charge in [-0.2, -0.15) is 0 Å². The molecule has 1 saturated heterocycles. The first-order valence-electron chi connectivity index (χ1n) is 8.68. The van der Waals surface area contributed by atoms with Crippen molar-refractivity contribution in [2.75, 3.05) is 19.8 Å². The first-order chi connectivity index (χ1) is 12.0. The van der Waals surface area contributed by atoms with Crippen LogP contribution in [-0.4, -0.2) is 76.3 Å². The number of halogens is 1. The number of likely N-dealkylation sites (N-methyl/N-ethyl adjacent to an activating group) is 1. The second-order valence-electron chi connectivity index (χ2n) is 6.36. The van der Waals surface area contributed by atoms with E-state index in [4.69, 9.17) is 0 Å². The number of aliphatic hydroxyl groups excluding tert-OH is 3. The van der Waals surface area contributed by atoms with Gasteiger partial charge in [-0.3, -0.25) is 9.69 Å². The van der Waals surface area contributed by atoms with Gasteiger partial charge in [0.15, 0.2) is 0 Å². The molecule has 0 aliphatic carbocycles. The van der Waals surface area contributed by atoms with Crippen molar-refractivity contribution in [2.24, 2.45) is 0 Å². The smallest absolute Gasteiger partial charge is 0.240 e. The van der Waals surface area contributed by atoms with E-state index in [9.17, 15) is 24.5 Å². The van der Waals surface area contributed by atoms with Crippen LogP contribution in [0.1, 0.15) is 18.9 Å². The van der Waals surface area contributed by atoms with E-state index in [-0.39, 0.29) is 0 Å². The molecule has 5 atom stereocenters. The molecule has 1 fully saturated rings. The predicted octanol–water partition coefficient (Wildman–Crippen LogP) is -0.140. The molecule has 1 aromatic rings. The molecule has 2 rings (SSSR count). The van der Waals surface area contributed by atoms with E-state index in [2.05, 4.69) is 5.32 Å². The molecule has 1 aromatic carbocycles. The second-order valence-corrected chi connectivity index (χ2v) is 6.36. The van der Waals surface area contributed by atoms with Gasteiger partial charge in [-0.25, -0.2) is 4.39 Å². The van der Waals surface area contributed by atoms with Crippen LogP contribution in [0.2, 0.25) is 0 Å². The van der Waals surface area contributed by atoms with E-state index in [0.29, 0.717) is 19.5 Å². The zero-order chi connectivity index (χ0) is 18.4. The van der Waals surface area contributed by atoms with Gasteiger partial charge in [0.05, 0.1) is 6.04 Å². The van der Waals surface area contributed by atoms with Crippen LogP contribution in [-0.2, 0) is 11.2 Å². The van der Waals surface area contributed by atoms with Crippen LogP contribution in [0.15, 0.2) is 30.3 Å². The fraction of sp³-hybridized carbons (Fsp3) is 0.611. The molecule has 0 spiro atoms. The SMILES string of the molecule is CCNC(=O)[C@@H]1[C@@H](O)[C@@H](O)[C@H](O)[C@@H](CF)N1CCCc1ccccc1. The number of aliphatic hydroxyl groups is 3. The quantitative estimate of drug-likeness (QED) is 0.547. The summed E-state index contributed by atoms with van der Waals surface area (Å²) in [5, 5.41) is 33.0. The molecule has 25 heavy (non-hydrogen) atoms. The maximum atomic E-state index is 13.5. The summed E-state index contributed by atoms with van der Waals surface area (Å²) in [5.41, 5.74) is 1.12. The summed E-state index contributed by atoms with van der Waals surface area (Å²) >= 11 is 0. The van der Waals surface area contributed by atoms with Gasteiger partial charge < -0.3 is 20.6 Å². The molecule has 0 bridgehead atoms. The Kier molecular flexibility index (Phi) is 7.31. The molecule has 140 valence electrons. The molecule has 7 heteroatoms. The minimum absolute atomic E-state index is 0.326. The molecule has 1 aliphatic rings. The molecule has 4 N–H and O–H groups in total. The maximum absolute atomic E-state index is 13.5. The largest absolute Gasteiger partial charge is 0.389 e. The van der Waals surface area contributed by atoms with Crippen LogP contribution in [0.25, 0.3) is 0 Å². The summed E-state index contributed by atoms with van der Waals surface area (Å²) in [6.07, 6.45) is -3.11. The van der Waals surface area contributed by atoms with Gasteiger partial charge in [-0.15, -0.1) is 0 Å². The lowest BCUT2D eigenvalue weighted by molar-refractivity contribution is -0.175. The Bertz CT molecular complexity index is 545. The maximum Gasteiger partial charge on any atom is 0.240 e. The third-order valence-corrected chi connectivity index (χ3v) is 4.70. The minimum atomic E-state index is -1.56. The van der Waals surface area contributed by atoms with E-state index < -0.39 is 43.0 Å². The van der Waals surface area contributed by atoms with E-state index in [1.807, 2.05) is 30.3 Å². The normalized spacial score (nSPS) is 30.2. The summed E-state index contributed by atoms with van der Waals surface area (Å²) in [4.78, 5) is 13.8. The van der Waals surface area contributed by atoms with Gasteiger partial charge in [0, 0.05) is 6.54 Å². The van der Waals surface area contributed by atoms with Crippen molar-refractivity contribution in [3.05, 3.63) is 35.9 Å². The van der Waals surface area contributed by atoms with Crippen LogP contribution < -0.4 is 5.32 Å². The molecule has 0 saturated carbocycles. The van der Waals surface area contributed by atoms with Crippen LogP contribution in [0, 0.1) is 0 Å². The number of amides is 1. The number of benzene rings is 1. The first-order valence-corrected chi connectivity index (χ1v) is 8.68. The molecule has 0 aromatic heterocycles. The Morgan fingerprint density at radius 2 is 1.84 bits per heavy atom. The van der Waals surface area contributed by atoms with E-state index in [1.165, 1.54) is 4.90 Å². The molecule has 0 unspecified atom stereocenters. The number of hydrogen-bond acceptors (Lipinski definition) is 5. The number of carbonyl (C=O) groups excluding carboxylic acids is 1. The van der Waals surface area contributed by atoms with Crippen molar-refractivity contribution in [3.8, 4) is 0 Å². The predicted molar refractivity (Wildman–Crippen MR) is 91.7 cm³/mol. The van der Waals surface area contributed by atoms with Gasteiger partial charge in [-0.1, -0.05) is 30.3 Å². The van der Waals surface area contributed by atoms with E-state index in [1.54, 1.807) is 6.92 Å². The summed E-state index contributed by atoms with van der Waals surface area (Å²) in [7, 11) is 0. The molecule has 1 heterocycles. The summed E-state index contributed by atoms with van der Waals surface area (Å²) in [6.45, 7) is 1.52. The number of nitrogens with one attached hydrogen (secondary N) is 1. The highest BCUT2D eigenvalue weighted by Gasteiger charge is 2.50. The minimum Gasteiger partial charge on any atom is -0.389 e. The van der Waals surface area contributed by atoms with Crippen molar-refractivity contribution in [3.63, 3.8) is 0 Å². The molecule has 1 aliphatic heterocycles. The lowest BCUT2D eigenvalue weighted by Gasteiger charge is -2.47. The topological polar surface area (TPSA) is 93.0 Å². The van der Waals surface area contributed by atoms with Crippen LogP contribution in [0.5, 0.6) is 0 Å². The number of carbonyl (C=O) groups is 1. The van der Waals surface area contributed by atoms with Crippen molar-refractivity contribution in [1.29, 1.82) is 0 Å². The lowest BCUT2D eigenvalue weighted by Crippen LogP contribution is -2.70. The first kappa shape index (κ1) is 19.8. The number of nitrogens with zero attached hydrogens (tertiary/aromatic N) is 1. The third kappa shape index (κ3) is 4.55. The lowest BCUT2D eigenvalue weighted by atomic mass is 9.87. The van der Waals surface area contributed by atoms with Gasteiger partial charge in [0.25, 0.3) is 0 Å². The fourth-order valence-electron chi connectivity index (χ4n) is 3.39. The summed E-state index contributed by atoms with van der Waals surface area (Å²) in [5.74, 6) is -0.473. The highest BCUT2D eigenvalue weighted by atomic mass is 19.1. The van der Waals surface area contributed by atoms with E-state index >= 15 is 0 Å². The molecule has 1 amide bonds. The van der Waals surface area contributed by atoms with Gasteiger partial charge in [-0.05, 0) is 31.9 Å². The highest BCUT2D eigenvalue weighted by molar-refractivity contribution is 5.82. The molecule has 6 nitrogen and oxygen atoms in total. The Labute approximate surface area is 147 Å². The van der Waals surface area contributed by atoms with E-state index in [0.717, 1.165) is 12.0 Å². The zero-order valence-electron chi connectivity index (χ0n) is 14.4. The van der Waals surface area contributed by atoms with Crippen molar-refractivity contribution < 1.29 is 24.5 Å². The number of aryl methyl sites for hydroxylation is 1. The summed E-state index contributed by atoms with van der Waals surface area (Å²) < 4.78 is 13.5. The third-order valence-electron chi connectivity index (χ3n) is 4.70. The zero-order valence-corrected chi connectivity index (χ0v) is 14.4. The van der Waals surface area contributed by atoms with Crippen molar-refractivity contribution in [1.82, 2.24) is 10.2 Å². The standard InChI is InChI=1S/C18H27FN2O4/c1-2-20-18(25)14-16(23)17(24)15(22)13(11-19)21(14)10-6-9-12-7-4-3-5-8-12/h3-5,7-8,13-17,22-24H,2,6,9-11H2,1H3,(H,20,25)/t13-,14+,15-,16-,17+/m1/s1. The number of hydrogen-bond donors (Lipinski definition) is 4. The monoisotopic (exact) mass is 354 g/mol. The number of piperidine rings is 1. The second kappa shape index (κ2) is 9.24. The highest BCUT2D eigenvalue weighted by Crippen LogP contribution is 2.26. The average molecular weight is 354 g/mol. The number of alkyl halides is 1. The van der Waals surface area contributed by atoms with Crippen molar-refractivity contribution in [2.45, 2.75) is 50.2 Å². The van der Waals surface area contributed by atoms with Gasteiger partial charge >= 0.3 is 0 Å². The Morgan fingerprint density at radius 1 is 1.16 bits per heavy atom. The molecular formula is C18H27FN2O4. The Balaban J connectivity index is 2.13. The Morgan fingerprint density at radius 3 is 2.44 bits per heavy atom. The number of rotatable bonds is 7. The molecule has 0 radical (unpaired) electrons. The Hall–Kier alpha value is -1.54. The van der Waals surface area contributed by atoms with Crippen LogP contribution >= 0.6 is 0 Å². The average Bonchev–Trinajstić information content (AvgIpc) is 2.61. The van der Waals surface area contributed by atoms with Crippen LogP contribution in [0.3, 0.4) is 0 Å². The summed E-state index contributed by atoms with van der Waals surface area (Å²) in [6, 6.07) is 7.64. The number of likely N-dealkylation sites (tertiary alicyclic amines) is 1. The molecular weight excluding hydrogens is 327 g/mol. The fourth-order valence-corrected chi connectivity index (χ4v) is 3.39.